The van der Waals surface area contributed by atoms with Gasteiger partial charge in [-0.2, -0.15) is 0 Å². The number of rotatable bonds is 2. The molecule has 0 fully saturated rings. The molecule has 3 heteroatoms. The lowest BCUT2D eigenvalue weighted by Gasteiger charge is -2.08. The Morgan fingerprint density at radius 2 is 2.12 bits per heavy atom. The van der Waals surface area contributed by atoms with E-state index in [1.165, 1.54) is 7.11 Å². The highest BCUT2D eigenvalue weighted by Crippen LogP contribution is 2.25. The molecule has 0 saturated heterocycles. The first-order valence-corrected chi connectivity index (χ1v) is 5.33. The lowest BCUT2D eigenvalue weighted by molar-refractivity contribution is 0.0603. The first kappa shape index (κ1) is 10.7. The first-order chi connectivity index (χ1) is 7.63. The predicted octanol–water partition coefficient (Wildman–Crippen LogP) is 3.08. The number of ether oxygens (including phenoxy) is 1. The van der Waals surface area contributed by atoms with E-state index >= 15 is 0 Å². The Morgan fingerprint density at radius 1 is 1.38 bits per heavy atom. The number of H-pyrrole nitrogens is 1. The number of hydrogen-bond donors (Lipinski definition) is 1. The Labute approximate surface area is 94.4 Å². The number of benzene rings is 1. The third kappa shape index (κ3) is 1.69. The van der Waals surface area contributed by atoms with E-state index in [0.29, 0.717) is 11.5 Å². The van der Waals surface area contributed by atoms with E-state index in [1.54, 1.807) is 0 Å². The molecular weight excluding hydrogens is 202 g/mol. The van der Waals surface area contributed by atoms with E-state index in [1.807, 2.05) is 18.3 Å². The van der Waals surface area contributed by atoms with Gasteiger partial charge in [-0.05, 0) is 29.7 Å². The van der Waals surface area contributed by atoms with Gasteiger partial charge in [-0.15, -0.1) is 0 Å². The summed E-state index contributed by atoms with van der Waals surface area (Å²) in [5.74, 6) is 0.100. The fourth-order valence-corrected chi connectivity index (χ4v) is 1.80. The molecule has 0 radical (unpaired) electrons. The third-order valence-electron chi connectivity index (χ3n) is 2.76. The molecule has 0 bridgehead atoms. The minimum Gasteiger partial charge on any atom is -0.465 e. The molecule has 0 spiro atoms. The lowest BCUT2D eigenvalue weighted by atomic mass is 9.98. The first-order valence-electron chi connectivity index (χ1n) is 5.33. The van der Waals surface area contributed by atoms with Crippen LogP contribution in [0, 0.1) is 0 Å². The Kier molecular flexibility index (Phi) is 2.69. The second-order valence-corrected chi connectivity index (χ2v) is 4.15. The maximum atomic E-state index is 11.7. The monoisotopic (exact) mass is 217 g/mol. The smallest absolute Gasteiger partial charge is 0.338 e. The van der Waals surface area contributed by atoms with E-state index in [9.17, 15) is 4.79 Å². The molecule has 0 unspecified atom stereocenters. The van der Waals surface area contributed by atoms with Crippen molar-refractivity contribution < 1.29 is 9.53 Å². The molecular formula is C13H15NO2. The second-order valence-electron chi connectivity index (χ2n) is 4.15. The fraction of sp³-hybridized carbons (Fsp3) is 0.308. The molecule has 2 aromatic rings. The van der Waals surface area contributed by atoms with Crippen molar-refractivity contribution in [1.82, 2.24) is 4.98 Å². The van der Waals surface area contributed by atoms with Gasteiger partial charge in [0.2, 0.25) is 0 Å². The molecule has 0 aliphatic rings. The van der Waals surface area contributed by atoms with E-state index in [0.717, 1.165) is 16.5 Å². The quantitative estimate of drug-likeness (QED) is 0.785. The molecule has 0 atom stereocenters. The number of hydrogen-bond acceptors (Lipinski definition) is 2. The highest BCUT2D eigenvalue weighted by atomic mass is 16.5. The maximum absolute atomic E-state index is 11.7. The molecule has 16 heavy (non-hydrogen) atoms. The number of esters is 1. The van der Waals surface area contributed by atoms with Crippen LogP contribution >= 0.6 is 0 Å². The van der Waals surface area contributed by atoms with Crippen LogP contribution in [-0.4, -0.2) is 18.1 Å². The molecule has 0 aliphatic heterocycles. The minimum absolute atomic E-state index is 0.285. The maximum Gasteiger partial charge on any atom is 0.338 e. The van der Waals surface area contributed by atoms with Crippen LogP contribution in [0.2, 0.25) is 0 Å². The molecule has 3 nitrogen and oxygen atoms in total. The van der Waals surface area contributed by atoms with Crippen LogP contribution in [-0.2, 0) is 4.74 Å². The number of aromatic amines is 1. The van der Waals surface area contributed by atoms with Crippen molar-refractivity contribution in [2.24, 2.45) is 0 Å². The molecule has 1 heterocycles. The largest absolute Gasteiger partial charge is 0.465 e. The van der Waals surface area contributed by atoms with Crippen LogP contribution in [0.15, 0.2) is 24.4 Å². The molecule has 1 aromatic carbocycles. The molecule has 0 amide bonds. The summed E-state index contributed by atoms with van der Waals surface area (Å²) in [6, 6.07) is 5.88. The summed E-state index contributed by atoms with van der Waals surface area (Å²) >= 11 is 0. The van der Waals surface area contributed by atoms with E-state index in [2.05, 4.69) is 24.9 Å². The van der Waals surface area contributed by atoms with Gasteiger partial charge in [0.15, 0.2) is 0 Å². The zero-order chi connectivity index (χ0) is 11.7. The van der Waals surface area contributed by atoms with Crippen molar-refractivity contribution in [2.45, 2.75) is 19.8 Å². The van der Waals surface area contributed by atoms with Gasteiger partial charge >= 0.3 is 5.97 Å². The predicted molar refractivity (Wildman–Crippen MR) is 63.7 cm³/mol. The van der Waals surface area contributed by atoms with Crippen molar-refractivity contribution >= 4 is 16.9 Å². The Balaban J connectivity index is 2.68. The van der Waals surface area contributed by atoms with E-state index in [-0.39, 0.29) is 5.97 Å². The Morgan fingerprint density at radius 3 is 2.75 bits per heavy atom. The summed E-state index contributed by atoms with van der Waals surface area (Å²) in [6.45, 7) is 4.20. The van der Waals surface area contributed by atoms with Crippen molar-refractivity contribution in [3.63, 3.8) is 0 Å². The number of carbonyl (C=O) groups is 1. The molecule has 2 rings (SSSR count). The number of carbonyl (C=O) groups excluding carboxylic acids is 1. The average molecular weight is 217 g/mol. The highest BCUT2D eigenvalue weighted by molar-refractivity contribution is 6.04. The molecule has 1 N–H and O–H groups in total. The van der Waals surface area contributed by atoms with Gasteiger partial charge in [0.1, 0.15) is 0 Å². The van der Waals surface area contributed by atoms with Crippen molar-refractivity contribution in [3.05, 3.63) is 35.5 Å². The van der Waals surface area contributed by atoms with Gasteiger partial charge in [0.05, 0.1) is 12.7 Å². The zero-order valence-corrected chi connectivity index (χ0v) is 9.70. The molecule has 1 aromatic heterocycles. The van der Waals surface area contributed by atoms with Crippen molar-refractivity contribution in [3.8, 4) is 0 Å². The van der Waals surface area contributed by atoms with Crippen LogP contribution < -0.4 is 0 Å². The van der Waals surface area contributed by atoms with Crippen LogP contribution in [0.25, 0.3) is 10.9 Å². The summed E-state index contributed by atoms with van der Waals surface area (Å²) in [7, 11) is 1.41. The summed E-state index contributed by atoms with van der Waals surface area (Å²) in [6.07, 6.45) is 1.83. The second kappa shape index (κ2) is 4.00. The van der Waals surface area contributed by atoms with Crippen molar-refractivity contribution in [2.75, 3.05) is 7.11 Å². The SMILES string of the molecule is COC(=O)c1cc(C(C)C)cc2[nH]ccc12. The fourth-order valence-electron chi connectivity index (χ4n) is 1.80. The average Bonchev–Trinajstić information content (AvgIpc) is 2.74. The Bertz CT molecular complexity index is 526. The van der Waals surface area contributed by atoms with Gasteiger partial charge < -0.3 is 9.72 Å². The van der Waals surface area contributed by atoms with Gasteiger partial charge in [-0.1, -0.05) is 13.8 Å². The van der Waals surface area contributed by atoms with Gasteiger partial charge in [0.25, 0.3) is 0 Å². The zero-order valence-electron chi connectivity index (χ0n) is 9.70. The van der Waals surface area contributed by atoms with E-state index in [4.69, 9.17) is 4.74 Å². The summed E-state index contributed by atoms with van der Waals surface area (Å²) in [5.41, 5.74) is 2.74. The molecule has 84 valence electrons. The standard InChI is InChI=1S/C13H15NO2/c1-8(2)9-6-11(13(15)16-3)10-4-5-14-12(10)7-9/h4-8,14H,1-3H3. The summed E-state index contributed by atoms with van der Waals surface area (Å²) < 4.78 is 4.80. The highest BCUT2D eigenvalue weighted by Gasteiger charge is 2.13. The van der Waals surface area contributed by atoms with Crippen LogP contribution in [0.1, 0.15) is 35.7 Å². The summed E-state index contributed by atoms with van der Waals surface area (Å²) in [4.78, 5) is 14.8. The van der Waals surface area contributed by atoms with Gasteiger partial charge in [-0.3, -0.25) is 0 Å². The van der Waals surface area contributed by atoms with Gasteiger partial charge in [0, 0.05) is 17.1 Å². The topological polar surface area (TPSA) is 42.1 Å². The van der Waals surface area contributed by atoms with Gasteiger partial charge in [-0.25, -0.2) is 4.79 Å². The number of nitrogens with one attached hydrogen (secondary N) is 1. The minimum atomic E-state index is -0.285. The number of methoxy groups -OCH3 is 1. The lowest BCUT2D eigenvalue weighted by Crippen LogP contribution is -2.03. The van der Waals surface area contributed by atoms with E-state index < -0.39 is 0 Å². The molecule has 0 saturated carbocycles. The number of fused-ring (bicyclic) bond motifs is 1. The third-order valence-corrected chi connectivity index (χ3v) is 2.76. The summed E-state index contributed by atoms with van der Waals surface area (Å²) in [5, 5.41) is 0.913. The molecule has 0 aliphatic carbocycles. The normalized spacial score (nSPS) is 11.0. The van der Waals surface area contributed by atoms with Crippen LogP contribution in [0.4, 0.5) is 0 Å². The number of aromatic nitrogens is 1. The van der Waals surface area contributed by atoms with Crippen LogP contribution in [0.5, 0.6) is 0 Å². The Hall–Kier alpha value is -1.77. The van der Waals surface area contributed by atoms with Crippen molar-refractivity contribution in [1.29, 1.82) is 0 Å². The van der Waals surface area contributed by atoms with Crippen LogP contribution in [0.3, 0.4) is 0 Å².